The summed E-state index contributed by atoms with van der Waals surface area (Å²) < 4.78 is 5.99. The fraction of sp³-hybridized carbons (Fsp3) is 0.500. The maximum atomic E-state index is 5.99. The van der Waals surface area contributed by atoms with Crippen molar-refractivity contribution in [2.75, 3.05) is 26.2 Å². The van der Waals surface area contributed by atoms with Crippen molar-refractivity contribution in [2.45, 2.75) is 44.8 Å². The Bertz CT molecular complexity index is 666. The maximum Gasteiger partial charge on any atom is 0.119 e. The van der Waals surface area contributed by atoms with E-state index in [4.69, 9.17) is 4.74 Å². The van der Waals surface area contributed by atoms with Crippen LogP contribution in [0, 0.1) is 5.92 Å². The third kappa shape index (κ3) is 6.62. The van der Waals surface area contributed by atoms with Gasteiger partial charge in [0, 0.05) is 32.2 Å². The van der Waals surface area contributed by atoms with Crippen molar-refractivity contribution in [1.82, 2.24) is 10.2 Å². The van der Waals surface area contributed by atoms with Crippen LogP contribution in [0.2, 0.25) is 0 Å². The van der Waals surface area contributed by atoms with Crippen LogP contribution in [-0.2, 0) is 6.61 Å². The fourth-order valence-corrected chi connectivity index (χ4v) is 4.69. The number of piperazine rings is 1. The van der Waals surface area contributed by atoms with Crippen molar-refractivity contribution in [3.63, 3.8) is 0 Å². The van der Waals surface area contributed by atoms with Crippen LogP contribution < -0.4 is 10.1 Å². The molecule has 1 atom stereocenters. The summed E-state index contributed by atoms with van der Waals surface area (Å²) >= 11 is 0. The third-order valence-electron chi connectivity index (χ3n) is 6.11. The van der Waals surface area contributed by atoms with E-state index in [0.717, 1.165) is 37.8 Å². The van der Waals surface area contributed by atoms with E-state index in [-0.39, 0.29) is 24.8 Å². The van der Waals surface area contributed by atoms with Gasteiger partial charge in [-0.3, -0.25) is 4.90 Å². The van der Waals surface area contributed by atoms with Crippen molar-refractivity contribution in [3.05, 3.63) is 65.7 Å². The van der Waals surface area contributed by atoms with Gasteiger partial charge in [0.25, 0.3) is 0 Å². The minimum atomic E-state index is 0. The van der Waals surface area contributed by atoms with Crippen molar-refractivity contribution >= 4 is 24.8 Å². The number of hydrogen-bond donors (Lipinski definition) is 1. The number of rotatable bonds is 6. The molecule has 0 spiro atoms. The predicted octanol–water partition coefficient (Wildman–Crippen LogP) is 5.64. The fourth-order valence-electron chi connectivity index (χ4n) is 4.69. The number of ether oxygens (including phenoxy) is 1. The number of nitrogens with zero attached hydrogens (tertiary/aromatic N) is 1. The van der Waals surface area contributed by atoms with E-state index >= 15 is 0 Å². The zero-order valence-electron chi connectivity index (χ0n) is 17.1. The second-order valence-corrected chi connectivity index (χ2v) is 7.97. The van der Waals surface area contributed by atoms with Crippen molar-refractivity contribution in [3.8, 4) is 5.75 Å². The number of nitrogens with one attached hydrogen (secondary N) is 1. The summed E-state index contributed by atoms with van der Waals surface area (Å²) in [5.74, 6) is 1.76. The minimum Gasteiger partial charge on any atom is -0.489 e. The molecule has 0 unspecified atom stereocenters. The summed E-state index contributed by atoms with van der Waals surface area (Å²) in [5, 5.41) is 3.50. The SMILES string of the molecule is Cl.Cl.c1ccc(COc2ccc([C@@H](C3CCCCC3)N3CCNCC3)cc2)cc1. The summed E-state index contributed by atoms with van der Waals surface area (Å²) in [5.41, 5.74) is 2.68. The molecule has 1 heterocycles. The zero-order valence-corrected chi connectivity index (χ0v) is 18.7. The van der Waals surface area contributed by atoms with Crippen LogP contribution in [0.3, 0.4) is 0 Å². The quantitative estimate of drug-likeness (QED) is 0.634. The van der Waals surface area contributed by atoms with Gasteiger partial charge in [0.1, 0.15) is 12.4 Å². The molecular weight excluding hydrogens is 403 g/mol. The minimum absolute atomic E-state index is 0. The summed E-state index contributed by atoms with van der Waals surface area (Å²) in [7, 11) is 0. The van der Waals surface area contributed by atoms with E-state index in [1.807, 2.05) is 6.07 Å². The highest BCUT2D eigenvalue weighted by atomic mass is 35.5. The number of hydrogen-bond acceptors (Lipinski definition) is 3. The molecule has 0 bridgehead atoms. The van der Waals surface area contributed by atoms with Crippen molar-refractivity contribution in [1.29, 1.82) is 0 Å². The van der Waals surface area contributed by atoms with Crippen LogP contribution in [0.1, 0.15) is 49.3 Å². The first-order valence-electron chi connectivity index (χ1n) is 10.6. The molecule has 2 aromatic carbocycles. The lowest BCUT2D eigenvalue weighted by molar-refractivity contribution is 0.103. The molecule has 2 aromatic rings. The average molecular weight is 437 g/mol. The van der Waals surface area contributed by atoms with Gasteiger partial charge in [0.05, 0.1) is 0 Å². The van der Waals surface area contributed by atoms with Gasteiger partial charge in [-0.05, 0) is 42.0 Å². The smallest absolute Gasteiger partial charge is 0.119 e. The lowest BCUT2D eigenvalue weighted by Crippen LogP contribution is -2.47. The largest absolute Gasteiger partial charge is 0.489 e. The lowest BCUT2D eigenvalue weighted by Gasteiger charge is -2.41. The van der Waals surface area contributed by atoms with Gasteiger partial charge in [-0.1, -0.05) is 61.7 Å². The molecule has 0 amide bonds. The number of halogens is 2. The van der Waals surface area contributed by atoms with Gasteiger partial charge >= 0.3 is 0 Å². The standard InChI is InChI=1S/C24H32N2O.2ClH/c1-3-7-20(8-4-1)19-27-23-13-11-22(12-14-23)24(21-9-5-2-6-10-21)26-17-15-25-16-18-26;;/h1,3-4,7-8,11-14,21,24-25H,2,5-6,9-10,15-19H2;2*1H/t24-;;/m1../s1. The van der Waals surface area contributed by atoms with E-state index in [0.29, 0.717) is 12.6 Å². The lowest BCUT2D eigenvalue weighted by atomic mass is 9.80. The van der Waals surface area contributed by atoms with Gasteiger partial charge in [-0.2, -0.15) is 0 Å². The van der Waals surface area contributed by atoms with E-state index in [1.54, 1.807) is 0 Å². The molecule has 4 rings (SSSR count). The van der Waals surface area contributed by atoms with Gasteiger partial charge < -0.3 is 10.1 Å². The maximum absolute atomic E-state index is 5.99. The molecule has 1 N–H and O–H groups in total. The van der Waals surface area contributed by atoms with E-state index in [2.05, 4.69) is 58.7 Å². The molecule has 0 aromatic heterocycles. The molecule has 0 radical (unpaired) electrons. The molecule has 1 aliphatic carbocycles. The topological polar surface area (TPSA) is 24.5 Å². The van der Waals surface area contributed by atoms with Crippen molar-refractivity contribution in [2.24, 2.45) is 5.92 Å². The van der Waals surface area contributed by atoms with E-state index in [1.165, 1.54) is 43.2 Å². The Hall–Kier alpha value is -1.26. The first-order chi connectivity index (χ1) is 13.4. The highest BCUT2D eigenvalue weighted by molar-refractivity contribution is 5.85. The van der Waals surface area contributed by atoms with Crippen LogP contribution in [0.25, 0.3) is 0 Å². The Balaban J connectivity index is 0.00000150. The Morgan fingerprint density at radius 2 is 1.52 bits per heavy atom. The van der Waals surface area contributed by atoms with Gasteiger partial charge in [0.2, 0.25) is 0 Å². The second kappa shape index (κ2) is 12.4. The monoisotopic (exact) mass is 436 g/mol. The summed E-state index contributed by atoms with van der Waals surface area (Å²) in [6.45, 7) is 5.17. The third-order valence-corrected chi connectivity index (χ3v) is 6.11. The Kier molecular flexibility index (Phi) is 10.3. The van der Waals surface area contributed by atoms with Gasteiger partial charge in [0.15, 0.2) is 0 Å². The first kappa shape index (κ1) is 24.0. The molecule has 160 valence electrons. The van der Waals surface area contributed by atoms with Crippen LogP contribution in [0.15, 0.2) is 54.6 Å². The van der Waals surface area contributed by atoms with E-state index in [9.17, 15) is 0 Å². The number of benzene rings is 2. The normalized spacial score (nSPS) is 18.9. The predicted molar refractivity (Wildman–Crippen MR) is 125 cm³/mol. The highest BCUT2D eigenvalue weighted by Gasteiger charge is 2.30. The Morgan fingerprint density at radius 1 is 0.862 bits per heavy atom. The van der Waals surface area contributed by atoms with E-state index < -0.39 is 0 Å². The molecule has 3 nitrogen and oxygen atoms in total. The summed E-state index contributed by atoms with van der Waals surface area (Å²) in [6, 6.07) is 19.9. The Labute approximate surface area is 188 Å². The van der Waals surface area contributed by atoms with Gasteiger partial charge in [-0.15, -0.1) is 24.8 Å². The van der Waals surface area contributed by atoms with Crippen molar-refractivity contribution < 1.29 is 4.74 Å². The molecule has 1 aliphatic heterocycles. The molecular formula is C24H34Cl2N2O. The molecule has 2 fully saturated rings. The van der Waals surface area contributed by atoms with Gasteiger partial charge in [-0.25, -0.2) is 0 Å². The molecule has 1 saturated heterocycles. The molecule has 2 aliphatic rings. The molecule has 1 saturated carbocycles. The highest BCUT2D eigenvalue weighted by Crippen LogP contribution is 2.39. The summed E-state index contributed by atoms with van der Waals surface area (Å²) in [4.78, 5) is 2.71. The Morgan fingerprint density at radius 3 is 2.17 bits per heavy atom. The first-order valence-corrected chi connectivity index (χ1v) is 10.6. The molecule has 29 heavy (non-hydrogen) atoms. The van der Waals surface area contributed by atoms with Crippen LogP contribution in [0.5, 0.6) is 5.75 Å². The zero-order chi connectivity index (χ0) is 18.3. The van der Waals surface area contributed by atoms with Crippen LogP contribution >= 0.6 is 24.8 Å². The van der Waals surface area contributed by atoms with Crippen LogP contribution in [-0.4, -0.2) is 31.1 Å². The van der Waals surface area contributed by atoms with Crippen LogP contribution in [0.4, 0.5) is 0 Å². The average Bonchev–Trinajstić information content (AvgIpc) is 2.76. The second-order valence-electron chi connectivity index (χ2n) is 7.97. The summed E-state index contributed by atoms with van der Waals surface area (Å²) in [6.07, 6.45) is 6.95. The molecule has 5 heteroatoms.